The second kappa shape index (κ2) is 5.85. The Morgan fingerprint density at radius 1 is 0.941 bits per heavy atom. The minimum absolute atomic E-state index is 0.0346. The Kier molecular flexibility index (Phi) is 4.73. The fraction of sp³-hybridized carbons (Fsp3) is 0.533. The first-order valence-corrected chi connectivity index (χ1v) is 6.32. The second-order valence-corrected chi connectivity index (χ2v) is 5.21. The van der Waals surface area contributed by atoms with Gasteiger partial charge in [-0.3, -0.25) is 4.79 Å². The molecule has 0 aliphatic rings. The molecule has 0 radical (unpaired) electrons. The first kappa shape index (κ1) is 13.8. The van der Waals surface area contributed by atoms with Gasteiger partial charge in [0.05, 0.1) is 6.04 Å². The van der Waals surface area contributed by atoms with Crippen LogP contribution in [0.25, 0.3) is 0 Å². The second-order valence-electron chi connectivity index (χ2n) is 5.21. The predicted octanol–water partition coefficient (Wildman–Crippen LogP) is 3.64. The summed E-state index contributed by atoms with van der Waals surface area (Å²) in [4.78, 5) is 11.6. The summed E-state index contributed by atoms with van der Waals surface area (Å²) in [5, 5.41) is 3.01. The fourth-order valence-electron chi connectivity index (χ4n) is 1.63. The molecule has 0 saturated heterocycles. The van der Waals surface area contributed by atoms with E-state index in [2.05, 4.69) is 43.4 Å². The van der Waals surface area contributed by atoms with Crippen LogP contribution >= 0.6 is 0 Å². The van der Waals surface area contributed by atoms with Gasteiger partial charge in [-0.15, -0.1) is 0 Å². The molecule has 0 aromatic heterocycles. The van der Waals surface area contributed by atoms with E-state index in [0.29, 0.717) is 5.92 Å². The van der Waals surface area contributed by atoms with E-state index >= 15 is 0 Å². The highest BCUT2D eigenvalue weighted by Gasteiger charge is 2.12. The molecule has 2 nitrogen and oxygen atoms in total. The third-order valence-corrected chi connectivity index (χ3v) is 2.99. The van der Waals surface area contributed by atoms with Gasteiger partial charge in [0, 0.05) is 5.92 Å². The smallest absolute Gasteiger partial charge is 0.223 e. The van der Waals surface area contributed by atoms with Crippen molar-refractivity contribution in [3.63, 3.8) is 0 Å². The molecule has 0 aliphatic carbocycles. The SMILES string of the molecule is CC(C)C(=O)NC(C)c1ccc(C(C)C)cc1. The minimum atomic E-state index is 0.0346. The van der Waals surface area contributed by atoms with E-state index in [1.165, 1.54) is 5.56 Å². The molecule has 17 heavy (non-hydrogen) atoms. The highest BCUT2D eigenvalue weighted by molar-refractivity contribution is 5.78. The zero-order valence-corrected chi connectivity index (χ0v) is 11.4. The van der Waals surface area contributed by atoms with Gasteiger partial charge in [0.2, 0.25) is 5.91 Å². The molecule has 1 amide bonds. The minimum Gasteiger partial charge on any atom is -0.349 e. The third-order valence-electron chi connectivity index (χ3n) is 2.99. The van der Waals surface area contributed by atoms with E-state index in [1.807, 2.05) is 20.8 Å². The van der Waals surface area contributed by atoms with Crippen molar-refractivity contribution in [2.24, 2.45) is 5.92 Å². The van der Waals surface area contributed by atoms with Gasteiger partial charge in [0.1, 0.15) is 0 Å². The number of nitrogens with one attached hydrogen (secondary N) is 1. The lowest BCUT2D eigenvalue weighted by molar-refractivity contribution is -0.124. The molecular formula is C15H23NO. The van der Waals surface area contributed by atoms with Crippen molar-refractivity contribution in [1.29, 1.82) is 0 Å². The van der Waals surface area contributed by atoms with Crippen molar-refractivity contribution in [3.8, 4) is 0 Å². The summed E-state index contributed by atoms with van der Waals surface area (Å²) >= 11 is 0. The van der Waals surface area contributed by atoms with Crippen LogP contribution in [0.3, 0.4) is 0 Å². The van der Waals surface area contributed by atoms with Crippen molar-refractivity contribution >= 4 is 5.91 Å². The number of hydrogen-bond acceptors (Lipinski definition) is 1. The summed E-state index contributed by atoms with van der Waals surface area (Å²) in [6.07, 6.45) is 0. The Balaban J connectivity index is 2.70. The van der Waals surface area contributed by atoms with Crippen molar-refractivity contribution < 1.29 is 4.79 Å². The van der Waals surface area contributed by atoms with Gasteiger partial charge in [0.15, 0.2) is 0 Å². The highest BCUT2D eigenvalue weighted by atomic mass is 16.1. The molecule has 1 N–H and O–H groups in total. The molecule has 0 aliphatic heterocycles. The van der Waals surface area contributed by atoms with Gasteiger partial charge in [-0.2, -0.15) is 0 Å². The largest absolute Gasteiger partial charge is 0.349 e. The third kappa shape index (κ3) is 3.88. The quantitative estimate of drug-likeness (QED) is 0.845. The van der Waals surface area contributed by atoms with Crippen LogP contribution in [0.5, 0.6) is 0 Å². The molecular weight excluding hydrogens is 210 g/mol. The fourth-order valence-corrected chi connectivity index (χ4v) is 1.63. The number of carbonyl (C=O) groups is 1. The molecule has 1 unspecified atom stereocenters. The number of carbonyl (C=O) groups excluding carboxylic acids is 1. The van der Waals surface area contributed by atoms with Crippen LogP contribution in [0, 0.1) is 5.92 Å². The van der Waals surface area contributed by atoms with Gasteiger partial charge >= 0.3 is 0 Å². The van der Waals surface area contributed by atoms with E-state index in [1.54, 1.807) is 0 Å². The molecule has 1 rings (SSSR count). The van der Waals surface area contributed by atoms with E-state index < -0.39 is 0 Å². The summed E-state index contributed by atoms with van der Waals surface area (Å²) in [6, 6.07) is 8.54. The van der Waals surface area contributed by atoms with Crippen LogP contribution < -0.4 is 5.32 Å². The van der Waals surface area contributed by atoms with Crippen molar-refractivity contribution in [2.75, 3.05) is 0 Å². The molecule has 0 fully saturated rings. The monoisotopic (exact) mass is 233 g/mol. The molecule has 94 valence electrons. The molecule has 1 aromatic rings. The van der Waals surface area contributed by atoms with E-state index in [9.17, 15) is 4.79 Å². The maximum absolute atomic E-state index is 11.6. The first-order valence-electron chi connectivity index (χ1n) is 6.32. The van der Waals surface area contributed by atoms with Gasteiger partial charge in [0.25, 0.3) is 0 Å². The Labute approximate surface area is 104 Å². The molecule has 2 heteroatoms. The molecule has 1 atom stereocenters. The summed E-state index contributed by atoms with van der Waals surface area (Å²) in [5.41, 5.74) is 2.49. The van der Waals surface area contributed by atoms with Gasteiger partial charge < -0.3 is 5.32 Å². The Morgan fingerprint density at radius 2 is 1.41 bits per heavy atom. The normalized spacial score (nSPS) is 12.9. The lowest BCUT2D eigenvalue weighted by atomic mass is 9.99. The Bertz CT molecular complexity index is 365. The van der Waals surface area contributed by atoms with Crippen molar-refractivity contribution in [3.05, 3.63) is 35.4 Å². The van der Waals surface area contributed by atoms with Crippen LogP contribution in [-0.2, 0) is 4.79 Å². The average Bonchev–Trinajstić information content (AvgIpc) is 2.28. The van der Waals surface area contributed by atoms with Crippen molar-refractivity contribution in [1.82, 2.24) is 5.32 Å². The van der Waals surface area contributed by atoms with Gasteiger partial charge in [-0.1, -0.05) is 52.0 Å². The van der Waals surface area contributed by atoms with Crippen LogP contribution in [0.4, 0.5) is 0 Å². The molecule has 1 aromatic carbocycles. The molecule has 0 spiro atoms. The maximum Gasteiger partial charge on any atom is 0.223 e. The first-order chi connectivity index (χ1) is 7.91. The van der Waals surface area contributed by atoms with Crippen LogP contribution in [0.1, 0.15) is 57.7 Å². The van der Waals surface area contributed by atoms with E-state index in [4.69, 9.17) is 0 Å². The highest BCUT2D eigenvalue weighted by Crippen LogP contribution is 2.18. The summed E-state index contributed by atoms with van der Waals surface area (Å²) in [7, 11) is 0. The van der Waals surface area contributed by atoms with Crippen LogP contribution in [0.15, 0.2) is 24.3 Å². The standard InChI is InChI=1S/C15H23NO/c1-10(2)13-6-8-14(9-7-13)12(5)16-15(17)11(3)4/h6-12H,1-5H3,(H,16,17). The summed E-state index contributed by atoms with van der Waals surface area (Å²) in [6.45, 7) is 10.2. The lowest BCUT2D eigenvalue weighted by Crippen LogP contribution is -2.30. The van der Waals surface area contributed by atoms with E-state index in [-0.39, 0.29) is 17.9 Å². The van der Waals surface area contributed by atoms with Crippen molar-refractivity contribution in [2.45, 2.75) is 46.6 Å². The Hall–Kier alpha value is -1.31. The van der Waals surface area contributed by atoms with Crippen LogP contribution in [0.2, 0.25) is 0 Å². The topological polar surface area (TPSA) is 29.1 Å². The number of hydrogen-bond donors (Lipinski definition) is 1. The molecule has 0 heterocycles. The number of rotatable bonds is 4. The van der Waals surface area contributed by atoms with E-state index in [0.717, 1.165) is 5.56 Å². The maximum atomic E-state index is 11.6. The molecule has 0 saturated carbocycles. The average molecular weight is 233 g/mol. The zero-order chi connectivity index (χ0) is 13.0. The Morgan fingerprint density at radius 3 is 1.82 bits per heavy atom. The van der Waals surface area contributed by atoms with Gasteiger partial charge in [-0.05, 0) is 24.0 Å². The summed E-state index contributed by atoms with van der Waals surface area (Å²) < 4.78 is 0. The summed E-state index contributed by atoms with van der Waals surface area (Å²) in [5.74, 6) is 0.683. The lowest BCUT2D eigenvalue weighted by Gasteiger charge is -2.16. The zero-order valence-electron chi connectivity index (χ0n) is 11.4. The number of amides is 1. The number of benzene rings is 1. The molecule has 0 bridgehead atoms. The predicted molar refractivity (Wildman–Crippen MR) is 71.9 cm³/mol. The van der Waals surface area contributed by atoms with Gasteiger partial charge in [-0.25, -0.2) is 0 Å². The van der Waals surface area contributed by atoms with Crippen LogP contribution in [-0.4, -0.2) is 5.91 Å².